The molecule has 5 nitrogen and oxygen atoms in total. The Hall–Kier alpha value is -2.60. The first-order chi connectivity index (χ1) is 14.3. The average molecular weight is 468 g/mol. The summed E-state index contributed by atoms with van der Waals surface area (Å²) in [5.74, 6) is 0.789. The lowest BCUT2D eigenvalue weighted by atomic mass is 10.1. The number of rotatable bonds is 3. The molecule has 1 aliphatic heterocycles. The topological polar surface area (TPSA) is 58.2 Å². The summed E-state index contributed by atoms with van der Waals surface area (Å²) in [7, 11) is 0. The third-order valence-corrected chi connectivity index (χ3v) is 5.77. The standard InChI is InChI=1S/C24H26BrN3O2/c1-24(2,3)30-23(29)28-20(17-7-5-4-6-8-17)13-14-21(28)22-26-15-19(27-22)16-9-11-18(25)12-10-16/h4-12,15,20-21H,13-14H2,1-3H3,(H,26,27)/t20-,21+/m1/s1. The summed E-state index contributed by atoms with van der Waals surface area (Å²) in [5.41, 5.74) is 2.55. The smallest absolute Gasteiger partial charge is 0.411 e. The minimum atomic E-state index is -0.558. The molecule has 156 valence electrons. The van der Waals surface area contributed by atoms with Crippen molar-refractivity contribution >= 4 is 22.0 Å². The first-order valence-corrected chi connectivity index (χ1v) is 11.0. The van der Waals surface area contributed by atoms with Crippen molar-refractivity contribution in [2.45, 2.75) is 51.3 Å². The molecule has 1 N–H and O–H groups in total. The maximum absolute atomic E-state index is 13.2. The molecule has 2 aromatic carbocycles. The number of benzene rings is 2. The Kier molecular flexibility index (Phi) is 5.69. The molecular weight excluding hydrogens is 442 g/mol. The maximum atomic E-state index is 13.2. The number of H-pyrrole nitrogens is 1. The molecule has 4 rings (SSSR count). The van der Waals surface area contributed by atoms with Crippen LogP contribution in [0.3, 0.4) is 0 Å². The van der Waals surface area contributed by atoms with E-state index in [9.17, 15) is 4.79 Å². The molecule has 3 aromatic rings. The van der Waals surface area contributed by atoms with E-state index >= 15 is 0 Å². The SMILES string of the molecule is CC(C)(C)OC(=O)N1[C@@H](c2ccccc2)CC[C@H]1c1ncc(-c2ccc(Br)cc2)[nH]1. The van der Waals surface area contributed by atoms with Gasteiger partial charge in [0.1, 0.15) is 11.4 Å². The number of amides is 1. The summed E-state index contributed by atoms with van der Waals surface area (Å²) in [6.45, 7) is 5.68. The van der Waals surface area contributed by atoms with Crippen LogP contribution in [-0.4, -0.2) is 26.6 Å². The van der Waals surface area contributed by atoms with E-state index in [1.165, 1.54) is 0 Å². The van der Waals surface area contributed by atoms with Crippen molar-refractivity contribution in [3.8, 4) is 11.3 Å². The second kappa shape index (κ2) is 8.26. The normalized spacial score (nSPS) is 19.1. The third kappa shape index (κ3) is 4.43. The Balaban J connectivity index is 1.66. The van der Waals surface area contributed by atoms with Crippen LogP contribution in [0.15, 0.2) is 65.3 Å². The van der Waals surface area contributed by atoms with Crippen molar-refractivity contribution in [2.75, 3.05) is 0 Å². The first kappa shape index (κ1) is 20.7. The third-order valence-electron chi connectivity index (χ3n) is 5.24. The summed E-state index contributed by atoms with van der Waals surface area (Å²) < 4.78 is 6.80. The Morgan fingerprint density at radius 1 is 1.07 bits per heavy atom. The molecule has 1 fully saturated rings. The number of nitrogens with zero attached hydrogens (tertiary/aromatic N) is 2. The van der Waals surface area contributed by atoms with E-state index < -0.39 is 5.60 Å². The molecule has 6 heteroatoms. The molecular formula is C24H26BrN3O2. The Morgan fingerprint density at radius 2 is 1.73 bits per heavy atom. The summed E-state index contributed by atoms with van der Waals surface area (Å²) in [5, 5.41) is 0. The molecule has 0 saturated carbocycles. The zero-order chi connectivity index (χ0) is 21.3. The van der Waals surface area contributed by atoms with Gasteiger partial charge in [0.15, 0.2) is 0 Å². The van der Waals surface area contributed by atoms with E-state index in [1.54, 1.807) is 0 Å². The number of aromatic amines is 1. The van der Waals surface area contributed by atoms with E-state index in [4.69, 9.17) is 4.74 Å². The van der Waals surface area contributed by atoms with E-state index in [-0.39, 0.29) is 18.2 Å². The van der Waals surface area contributed by atoms with Crippen molar-refractivity contribution in [1.29, 1.82) is 0 Å². The van der Waals surface area contributed by atoms with Crippen molar-refractivity contribution in [1.82, 2.24) is 14.9 Å². The van der Waals surface area contributed by atoms with E-state index in [1.807, 2.05) is 74.3 Å². The lowest BCUT2D eigenvalue weighted by Crippen LogP contribution is -2.38. The molecule has 0 radical (unpaired) electrons. The van der Waals surface area contributed by atoms with Gasteiger partial charge >= 0.3 is 6.09 Å². The monoisotopic (exact) mass is 467 g/mol. The van der Waals surface area contributed by atoms with Crippen LogP contribution in [0.2, 0.25) is 0 Å². The quantitative estimate of drug-likeness (QED) is 0.468. The van der Waals surface area contributed by atoms with Crippen molar-refractivity contribution in [3.05, 3.63) is 76.7 Å². The predicted molar refractivity (Wildman–Crippen MR) is 121 cm³/mol. The van der Waals surface area contributed by atoms with Crippen LogP contribution in [-0.2, 0) is 4.74 Å². The highest BCUT2D eigenvalue weighted by molar-refractivity contribution is 9.10. The van der Waals surface area contributed by atoms with Crippen molar-refractivity contribution in [2.24, 2.45) is 0 Å². The number of hydrogen-bond donors (Lipinski definition) is 1. The number of likely N-dealkylation sites (tertiary alicyclic amines) is 1. The maximum Gasteiger partial charge on any atom is 0.411 e. The van der Waals surface area contributed by atoms with Gasteiger partial charge in [-0.3, -0.25) is 4.90 Å². The number of carbonyl (C=O) groups excluding carboxylic acids is 1. The fourth-order valence-corrected chi connectivity index (χ4v) is 4.20. The Bertz CT molecular complexity index is 1010. The van der Waals surface area contributed by atoms with Gasteiger partial charge in [0.2, 0.25) is 0 Å². The molecule has 1 saturated heterocycles. The van der Waals surface area contributed by atoms with Crippen LogP contribution in [0, 0.1) is 0 Å². The van der Waals surface area contributed by atoms with Crippen molar-refractivity contribution in [3.63, 3.8) is 0 Å². The van der Waals surface area contributed by atoms with Crippen LogP contribution in [0.4, 0.5) is 4.79 Å². The highest BCUT2D eigenvalue weighted by Crippen LogP contribution is 2.44. The zero-order valence-electron chi connectivity index (χ0n) is 17.4. The molecule has 30 heavy (non-hydrogen) atoms. The molecule has 2 atom stereocenters. The number of halogens is 1. The molecule has 1 aromatic heterocycles. The highest BCUT2D eigenvalue weighted by atomic mass is 79.9. The van der Waals surface area contributed by atoms with Gasteiger partial charge in [-0.15, -0.1) is 0 Å². The summed E-state index contributed by atoms with van der Waals surface area (Å²) >= 11 is 3.47. The second-order valence-electron chi connectivity index (χ2n) is 8.60. The van der Waals surface area contributed by atoms with Gasteiger partial charge in [-0.25, -0.2) is 9.78 Å². The van der Waals surface area contributed by atoms with Crippen LogP contribution in [0.1, 0.15) is 57.1 Å². The minimum Gasteiger partial charge on any atom is -0.444 e. The Labute approximate surface area is 185 Å². The zero-order valence-corrected chi connectivity index (χ0v) is 19.0. The van der Waals surface area contributed by atoms with Gasteiger partial charge < -0.3 is 9.72 Å². The van der Waals surface area contributed by atoms with Crippen LogP contribution < -0.4 is 0 Å². The van der Waals surface area contributed by atoms with Gasteiger partial charge in [-0.1, -0.05) is 58.4 Å². The lowest BCUT2D eigenvalue weighted by molar-refractivity contribution is 0.0134. The molecule has 0 unspecified atom stereocenters. The van der Waals surface area contributed by atoms with Gasteiger partial charge in [-0.05, 0) is 56.9 Å². The van der Waals surface area contributed by atoms with Gasteiger partial charge in [0.25, 0.3) is 0 Å². The number of nitrogens with one attached hydrogen (secondary N) is 1. The van der Waals surface area contributed by atoms with Crippen LogP contribution in [0.25, 0.3) is 11.3 Å². The van der Waals surface area contributed by atoms with Gasteiger partial charge in [-0.2, -0.15) is 0 Å². The van der Waals surface area contributed by atoms with Crippen molar-refractivity contribution < 1.29 is 9.53 Å². The largest absolute Gasteiger partial charge is 0.444 e. The fourth-order valence-electron chi connectivity index (χ4n) is 3.93. The molecule has 2 heterocycles. The summed E-state index contributed by atoms with van der Waals surface area (Å²) in [6, 6.07) is 18.0. The molecule has 0 spiro atoms. The van der Waals surface area contributed by atoms with E-state index in [0.717, 1.165) is 40.0 Å². The Morgan fingerprint density at radius 3 is 2.40 bits per heavy atom. The average Bonchev–Trinajstić information content (AvgIpc) is 3.35. The minimum absolute atomic E-state index is 0.0349. The molecule has 1 amide bonds. The predicted octanol–water partition coefficient (Wildman–Crippen LogP) is 6.65. The number of aromatic nitrogens is 2. The number of hydrogen-bond acceptors (Lipinski definition) is 3. The highest BCUT2D eigenvalue weighted by Gasteiger charge is 2.42. The summed E-state index contributed by atoms with van der Waals surface area (Å²) in [6.07, 6.45) is 3.22. The molecule has 0 aliphatic carbocycles. The van der Waals surface area contributed by atoms with Crippen LogP contribution in [0.5, 0.6) is 0 Å². The van der Waals surface area contributed by atoms with E-state index in [2.05, 4.69) is 38.0 Å². The van der Waals surface area contributed by atoms with Crippen LogP contribution >= 0.6 is 15.9 Å². The fraction of sp³-hybridized carbons (Fsp3) is 0.333. The number of ether oxygens (including phenoxy) is 1. The van der Waals surface area contributed by atoms with Gasteiger partial charge in [0, 0.05) is 4.47 Å². The van der Waals surface area contributed by atoms with Gasteiger partial charge in [0.05, 0.1) is 24.0 Å². The number of imidazole rings is 1. The first-order valence-electron chi connectivity index (χ1n) is 10.2. The van der Waals surface area contributed by atoms with E-state index in [0.29, 0.717) is 0 Å². The second-order valence-corrected chi connectivity index (χ2v) is 9.51. The number of carbonyl (C=O) groups is 1. The molecule has 0 bridgehead atoms. The summed E-state index contributed by atoms with van der Waals surface area (Å²) in [4.78, 5) is 23.1. The lowest BCUT2D eigenvalue weighted by Gasteiger charge is -2.32. The molecule has 1 aliphatic rings.